The van der Waals surface area contributed by atoms with E-state index in [1.165, 1.54) is 17.7 Å². The number of carbonyl (C=O) groups excluding carboxylic acids is 1. The number of likely N-dealkylation sites (tertiary alicyclic amines) is 1. The number of hydrogen-bond donors (Lipinski definition) is 1. The third-order valence-corrected chi connectivity index (χ3v) is 4.87. The number of carbonyl (C=O) groups is 1. The van der Waals surface area contributed by atoms with E-state index in [1.807, 2.05) is 24.3 Å². The molecule has 2 aromatic rings. The summed E-state index contributed by atoms with van der Waals surface area (Å²) in [6.45, 7) is -1.08. The summed E-state index contributed by atoms with van der Waals surface area (Å²) in [6, 6.07) is 14.4. The minimum atomic E-state index is -2.83. The maximum absolute atomic E-state index is 12.2. The SMILES string of the molecule is O=C(CN1CCC1c1ccc(Cl)cc1)NCCc1ccc(OC(F)F)cc1. The summed E-state index contributed by atoms with van der Waals surface area (Å²) in [4.78, 5) is 14.3. The van der Waals surface area contributed by atoms with Crippen LogP contribution in [0.4, 0.5) is 8.78 Å². The molecule has 0 spiro atoms. The molecular formula is C20H21ClF2N2O2. The number of amides is 1. The van der Waals surface area contributed by atoms with Crippen molar-refractivity contribution in [2.45, 2.75) is 25.5 Å². The molecule has 1 saturated heterocycles. The Morgan fingerprint density at radius 3 is 2.48 bits per heavy atom. The maximum atomic E-state index is 12.2. The van der Waals surface area contributed by atoms with Gasteiger partial charge in [0.1, 0.15) is 5.75 Å². The first-order valence-corrected chi connectivity index (χ1v) is 9.19. The number of alkyl halides is 2. The largest absolute Gasteiger partial charge is 0.435 e. The molecule has 3 rings (SSSR count). The number of nitrogens with zero attached hydrogens (tertiary/aromatic N) is 1. The standard InChI is InChI=1S/C20H21ClF2N2O2/c21-16-5-3-15(4-6-16)18-10-12-25(18)13-19(26)24-11-9-14-1-7-17(8-2-14)27-20(22)23/h1-8,18,20H,9-13H2,(H,24,26). The van der Waals surface area contributed by atoms with Gasteiger partial charge in [0.15, 0.2) is 0 Å². The lowest BCUT2D eigenvalue weighted by molar-refractivity contribution is -0.124. The average molecular weight is 395 g/mol. The summed E-state index contributed by atoms with van der Waals surface area (Å²) in [7, 11) is 0. The monoisotopic (exact) mass is 394 g/mol. The van der Waals surface area contributed by atoms with Gasteiger partial charge >= 0.3 is 6.61 Å². The van der Waals surface area contributed by atoms with Crippen molar-refractivity contribution in [2.24, 2.45) is 0 Å². The Kier molecular flexibility index (Phi) is 6.63. The first kappa shape index (κ1) is 19.6. The smallest absolute Gasteiger partial charge is 0.387 e. The molecule has 1 fully saturated rings. The molecule has 7 heteroatoms. The lowest BCUT2D eigenvalue weighted by Gasteiger charge is -2.40. The van der Waals surface area contributed by atoms with Crippen molar-refractivity contribution >= 4 is 17.5 Å². The summed E-state index contributed by atoms with van der Waals surface area (Å²) < 4.78 is 28.6. The van der Waals surface area contributed by atoms with Gasteiger partial charge in [-0.25, -0.2) is 0 Å². The van der Waals surface area contributed by atoms with E-state index >= 15 is 0 Å². The summed E-state index contributed by atoms with van der Waals surface area (Å²) in [6.07, 6.45) is 1.66. The van der Waals surface area contributed by atoms with Crippen LogP contribution in [-0.4, -0.2) is 37.1 Å². The highest BCUT2D eigenvalue weighted by molar-refractivity contribution is 6.30. The molecule has 0 bridgehead atoms. The zero-order valence-electron chi connectivity index (χ0n) is 14.7. The Labute approximate surface area is 162 Å². The van der Waals surface area contributed by atoms with E-state index in [1.54, 1.807) is 12.1 Å². The molecule has 144 valence electrons. The second-order valence-corrected chi connectivity index (χ2v) is 6.89. The molecule has 1 aliphatic heterocycles. The Hall–Kier alpha value is -2.18. The molecular weight excluding hydrogens is 374 g/mol. The van der Waals surface area contributed by atoms with Crippen LogP contribution in [-0.2, 0) is 11.2 Å². The van der Waals surface area contributed by atoms with Crippen LogP contribution in [0, 0.1) is 0 Å². The van der Waals surface area contributed by atoms with E-state index < -0.39 is 6.61 Å². The van der Waals surface area contributed by atoms with Gasteiger partial charge in [0.2, 0.25) is 5.91 Å². The fourth-order valence-corrected chi connectivity index (χ4v) is 3.24. The lowest BCUT2D eigenvalue weighted by atomic mass is 9.95. The Balaban J connectivity index is 1.40. The minimum absolute atomic E-state index is 0.0219. The fourth-order valence-electron chi connectivity index (χ4n) is 3.12. The van der Waals surface area contributed by atoms with Gasteiger partial charge in [0, 0.05) is 24.2 Å². The molecule has 2 aromatic carbocycles. The van der Waals surface area contributed by atoms with Gasteiger partial charge in [-0.15, -0.1) is 0 Å². The van der Waals surface area contributed by atoms with Gasteiger partial charge in [-0.2, -0.15) is 8.78 Å². The van der Waals surface area contributed by atoms with E-state index in [2.05, 4.69) is 15.0 Å². The van der Waals surface area contributed by atoms with E-state index in [9.17, 15) is 13.6 Å². The zero-order valence-corrected chi connectivity index (χ0v) is 15.5. The predicted octanol–water partition coefficient (Wildman–Crippen LogP) is 4.05. The van der Waals surface area contributed by atoms with E-state index in [0.717, 1.165) is 18.5 Å². The van der Waals surface area contributed by atoms with Gasteiger partial charge in [-0.05, 0) is 48.2 Å². The van der Waals surface area contributed by atoms with Crippen molar-refractivity contribution in [1.29, 1.82) is 0 Å². The van der Waals surface area contributed by atoms with Gasteiger partial charge in [-0.3, -0.25) is 9.69 Å². The molecule has 0 radical (unpaired) electrons. The van der Waals surface area contributed by atoms with E-state index in [4.69, 9.17) is 11.6 Å². The number of nitrogens with one attached hydrogen (secondary N) is 1. The second kappa shape index (κ2) is 9.15. The van der Waals surface area contributed by atoms with E-state index in [-0.39, 0.29) is 17.7 Å². The van der Waals surface area contributed by atoms with Crippen LogP contribution in [0.1, 0.15) is 23.6 Å². The third kappa shape index (κ3) is 5.65. The van der Waals surface area contributed by atoms with Crippen molar-refractivity contribution in [3.63, 3.8) is 0 Å². The van der Waals surface area contributed by atoms with Crippen LogP contribution >= 0.6 is 11.6 Å². The first-order chi connectivity index (χ1) is 13.0. The lowest BCUT2D eigenvalue weighted by Crippen LogP contribution is -2.47. The van der Waals surface area contributed by atoms with Crippen LogP contribution in [0.25, 0.3) is 0 Å². The molecule has 0 aliphatic carbocycles. The number of rotatable bonds is 8. The normalized spacial score (nSPS) is 16.8. The molecule has 1 unspecified atom stereocenters. The van der Waals surface area contributed by atoms with Crippen LogP contribution < -0.4 is 10.1 Å². The van der Waals surface area contributed by atoms with Crippen LogP contribution in [0.3, 0.4) is 0 Å². The topological polar surface area (TPSA) is 41.6 Å². The summed E-state index contributed by atoms with van der Waals surface area (Å²) in [5, 5.41) is 3.61. The fraction of sp³-hybridized carbons (Fsp3) is 0.350. The quantitative estimate of drug-likeness (QED) is 0.734. The molecule has 0 saturated carbocycles. The number of halogens is 3. The van der Waals surface area contributed by atoms with Gasteiger partial charge in [0.25, 0.3) is 0 Å². The average Bonchev–Trinajstić information content (AvgIpc) is 2.62. The Morgan fingerprint density at radius 1 is 1.19 bits per heavy atom. The second-order valence-electron chi connectivity index (χ2n) is 6.45. The van der Waals surface area contributed by atoms with Crippen molar-refractivity contribution in [1.82, 2.24) is 10.2 Å². The van der Waals surface area contributed by atoms with Crippen LogP contribution in [0.5, 0.6) is 5.75 Å². The number of ether oxygens (including phenoxy) is 1. The molecule has 4 nitrogen and oxygen atoms in total. The van der Waals surface area contributed by atoms with Crippen molar-refractivity contribution in [3.8, 4) is 5.75 Å². The van der Waals surface area contributed by atoms with Gasteiger partial charge in [-0.1, -0.05) is 35.9 Å². The molecule has 27 heavy (non-hydrogen) atoms. The zero-order chi connectivity index (χ0) is 19.2. The molecule has 1 aliphatic rings. The van der Waals surface area contributed by atoms with E-state index in [0.29, 0.717) is 24.5 Å². The molecule has 1 heterocycles. The molecule has 1 N–H and O–H groups in total. The van der Waals surface area contributed by atoms with Crippen molar-refractivity contribution in [2.75, 3.05) is 19.6 Å². The van der Waals surface area contributed by atoms with Gasteiger partial charge in [0.05, 0.1) is 6.54 Å². The molecule has 1 atom stereocenters. The predicted molar refractivity (Wildman–Crippen MR) is 100 cm³/mol. The Bertz CT molecular complexity index is 754. The summed E-state index contributed by atoms with van der Waals surface area (Å²) >= 11 is 5.92. The highest BCUT2D eigenvalue weighted by Gasteiger charge is 2.30. The Morgan fingerprint density at radius 2 is 1.89 bits per heavy atom. The number of hydrogen-bond acceptors (Lipinski definition) is 3. The van der Waals surface area contributed by atoms with Crippen molar-refractivity contribution < 1.29 is 18.3 Å². The maximum Gasteiger partial charge on any atom is 0.387 e. The first-order valence-electron chi connectivity index (χ1n) is 8.81. The minimum Gasteiger partial charge on any atom is -0.435 e. The van der Waals surface area contributed by atoms with Crippen LogP contribution in [0.2, 0.25) is 5.02 Å². The van der Waals surface area contributed by atoms with Gasteiger partial charge < -0.3 is 10.1 Å². The number of benzene rings is 2. The molecule has 1 amide bonds. The highest BCUT2D eigenvalue weighted by atomic mass is 35.5. The summed E-state index contributed by atoms with van der Waals surface area (Å²) in [5.41, 5.74) is 2.12. The molecule has 0 aromatic heterocycles. The highest BCUT2D eigenvalue weighted by Crippen LogP contribution is 2.33. The van der Waals surface area contributed by atoms with Crippen molar-refractivity contribution in [3.05, 3.63) is 64.7 Å². The summed E-state index contributed by atoms with van der Waals surface area (Å²) in [5.74, 6) is 0.107. The van der Waals surface area contributed by atoms with Crippen LogP contribution in [0.15, 0.2) is 48.5 Å². The third-order valence-electron chi connectivity index (χ3n) is 4.62.